The van der Waals surface area contributed by atoms with Gasteiger partial charge in [0.1, 0.15) is 5.75 Å². The van der Waals surface area contributed by atoms with E-state index in [2.05, 4.69) is 5.09 Å². The molecule has 0 aromatic heterocycles. The summed E-state index contributed by atoms with van der Waals surface area (Å²) in [7, 11) is -3.15. The van der Waals surface area contributed by atoms with Crippen molar-refractivity contribution in [1.29, 1.82) is 0 Å². The molecule has 1 unspecified atom stereocenters. The van der Waals surface area contributed by atoms with Crippen molar-refractivity contribution >= 4 is 7.75 Å². The average molecular weight is 227 g/mol. The zero-order valence-electron chi connectivity index (χ0n) is 8.77. The maximum atomic E-state index is 12.1. The molecule has 1 aromatic rings. The Bertz CT molecular complexity index is 405. The van der Waals surface area contributed by atoms with Gasteiger partial charge < -0.3 is 4.52 Å². The van der Waals surface area contributed by atoms with Crippen LogP contribution in [-0.2, 0) is 15.7 Å². The molecular formula is C10H14NO3P. The van der Waals surface area contributed by atoms with E-state index in [-0.39, 0.29) is 6.04 Å². The standard InChI is InChI=1S/C10H14NO3P/c1-8(2)11-15(12)13-7-9-5-3-4-6-10(9)14-15/h3-6,8H,7H2,1-2H3,(H,11,12). The molecule has 1 N–H and O–H groups in total. The molecule has 0 bridgehead atoms. The van der Waals surface area contributed by atoms with Crippen molar-refractivity contribution in [2.75, 3.05) is 0 Å². The highest BCUT2D eigenvalue weighted by Gasteiger charge is 2.32. The van der Waals surface area contributed by atoms with Gasteiger partial charge in [-0.05, 0) is 19.9 Å². The third-order valence-electron chi connectivity index (χ3n) is 2.00. The van der Waals surface area contributed by atoms with E-state index in [1.54, 1.807) is 6.07 Å². The van der Waals surface area contributed by atoms with Gasteiger partial charge in [0.05, 0.1) is 6.61 Å². The van der Waals surface area contributed by atoms with Gasteiger partial charge in [0.2, 0.25) is 0 Å². The van der Waals surface area contributed by atoms with E-state index in [1.165, 1.54) is 0 Å². The Morgan fingerprint density at radius 1 is 1.40 bits per heavy atom. The molecule has 1 aromatic carbocycles. The molecular weight excluding hydrogens is 213 g/mol. The molecule has 1 aliphatic rings. The van der Waals surface area contributed by atoms with Crippen LogP contribution >= 0.6 is 7.75 Å². The van der Waals surface area contributed by atoms with Crippen LogP contribution in [0.5, 0.6) is 5.75 Å². The highest BCUT2D eigenvalue weighted by Crippen LogP contribution is 2.50. The molecule has 0 spiro atoms. The second-order valence-electron chi connectivity index (χ2n) is 3.75. The van der Waals surface area contributed by atoms with Gasteiger partial charge in [-0.3, -0.25) is 4.52 Å². The van der Waals surface area contributed by atoms with Gasteiger partial charge in [-0.1, -0.05) is 18.2 Å². The molecule has 4 nitrogen and oxygen atoms in total. The van der Waals surface area contributed by atoms with E-state index in [4.69, 9.17) is 9.05 Å². The van der Waals surface area contributed by atoms with E-state index in [9.17, 15) is 4.57 Å². The molecule has 0 saturated carbocycles. The Balaban J connectivity index is 2.21. The van der Waals surface area contributed by atoms with Crippen LogP contribution < -0.4 is 9.61 Å². The lowest BCUT2D eigenvalue weighted by Crippen LogP contribution is -2.25. The highest BCUT2D eigenvalue weighted by atomic mass is 31.2. The molecule has 0 radical (unpaired) electrons. The lowest BCUT2D eigenvalue weighted by Gasteiger charge is -2.27. The Labute approximate surface area is 89.2 Å². The van der Waals surface area contributed by atoms with E-state index < -0.39 is 7.75 Å². The molecule has 0 aliphatic carbocycles. The number of nitrogens with one attached hydrogen (secondary N) is 1. The summed E-state index contributed by atoms with van der Waals surface area (Å²) >= 11 is 0. The highest BCUT2D eigenvalue weighted by molar-refractivity contribution is 7.52. The first-order valence-corrected chi connectivity index (χ1v) is 6.43. The molecule has 0 saturated heterocycles. The van der Waals surface area contributed by atoms with Crippen LogP contribution in [0.25, 0.3) is 0 Å². The first-order chi connectivity index (χ1) is 7.09. The van der Waals surface area contributed by atoms with E-state index >= 15 is 0 Å². The van der Waals surface area contributed by atoms with Crippen molar-refractivity contribution in [1.82, 2.24) is 5.09 Å². The van der Waals surface area contributed by atoms with Crippen LogP contribution in [0.1, 0.15) is 19.4 Å². The van der Waals surface area contributed by atoms with Crippen molar-refractivity contribution in [3.8, 4) is 5.75 Å². The van der Waals surface area contributed by atoms with Crippen LogP contribution in [0.3, 0.4) is 0 Å². The SMILES string of the molecule is CC(C)NP1(=O)OCc2ccccc2O1. The summed E-state index contributed by atoms with van der Waals surface area (Å²) in [5, 5.41) is 2.81. The lowest BCUT2D eigenvalue weighted by atomic mass is 10.2. The predicted octanol–water partition coefficient (Wildman–Crippen LogP) is 2.70. The Morgan fingerprint density at radius 3 is 2.87 bits per heavy atom. The van der Waals surface area contributed by atoms with Crippen LogP contribution in [0.4, 0.5) is 0 Å². The molecule has 1 aliphatic heterocycles. The van der Waals surface area contributed by atoms with Crippen LogP contribution in [0.15, 0.2) is 24.3 Å². The normalized spacial score (nSPS) is 24.7. The minimum absolute atomic E-state index is 0.0566. The first kappa shape index (κ1) is 10.7. The number of hydrogen-bond acceptors (Lipinski definition) is 3. The fourth-order valence-electron chi connectivity index (χ4n) is 1.40. The maximum Gasteiger partial charge on any atom is 0.459 e. The molecule has 0 fully saturated rings. The minimum Gasteiger partial charge on any atom is -0.413 e. The Morgan fingerprint density at radius 2 is 2.13 bits per heavy atom. The molecule has 82 valence electrons. The van der Waals surface area contributed by atoms with Gasteiger partial charge in [-0.25, -0.2) is 9.65 Å². The van der Waals surface area contributed by atoms with E-state index in [0.717, 1.165) is 5.56 Å². The summed E-state index contributed by atoms with van der Waals surface area (Å²) < 4.78 is 22.6. The third kappa shape index (κ3) is 2.40. The number of para-hydroxylation sites is 1. The zero-order chi connectivity index (χ0) is 10.9. The topological polar surface area (TPSA) is 47.6 Å². The maximum absolute atomic E-state index is 12.1. The molecule has 1 atom stereocenters. The van der Waals surface area contributed by atoms with Crippen LogP contribution in [0.2, 0.25) is 0 Å². The zero-order valence-corrected chi connectivity index (χ0v) is 9.66. The van der Waals surface area contributed by atoms with Gasteiger partial charge >= 0.3 is 7.75 Å². The number of benzene rings is 1. The van der Waals surface area contributed by atoms with Gasteiger partial charge in [-0.15, -0.1) is 0 Å². The molecule has 2 rings (SSSR count). The predicted molar refractivity (Wildman–Crippen MR) is 57.7 cm³/mol. The van der Waals surface area contributed by atoms with Crippen LogP contribution in [0, 0.1) is 0 Å². The fraction of sp³-hybridized carbons (Fsp3) is 0.400. The van der Waals surface area contributed by atoms with Gasteiger partial charge in [0.25, 0.3) is 0 Å². The number of rotatable bonds is 2. The summed E-state index contributed by atoms with van der Waals surface area (Å²) in [4.78, 5) is 0. The van der Waals surface area contributed by atoms with Crippen LogP contribution in [-0.4, -0.2) is 6.04 Å². The molecule has 1 heterocycles. The fourth-order valence-corrected chi connectivity index (χ4v) is 2.96. The number of fused-ring (bicyclic) bond motifs is 1. The first-order valence-electron chi connectivity index (χ1n) is 4.89. The van der Waals surface area contributed by atoms with Crippen molar-refractivity contribution in [3.63, 3.8) is 0 Å². The minimum atomic E-state index is -3.15. The quantitative estimate of drug-likeness (QED) is 0.789. The van der Waals surface area contributed by atoms with Gasteiger partial charge in [0.15, 0.2) is 0 Å². The van der Waals surface area contributed by atoms with Gasteiger partial charge in [-0.2, -0.15) is 0 Å². The molecule has 5 heteroatoms. The smallest absolute Gasteiger partial charge is 0.413 e. The lowest BCUT2D eigenvalue weighted by molar-refractivity contribution is 0.221. The average Bonchev–Trinajstić information content (AvgIpc) is 2.15. The molecule has 0 amide bonds. The second-order valence-corrected chi connectivity index (χ2v) is 5.45. The summed E-state index contributed by atoms with van der Waals surface area (Å²) in [6.07, 6.45) is 0. The monoisotopic (exact) mass is 227 g/mol. The number of hydrogen-bond donors (Lipinski definition) is 1. The summed E-state index contributed by atoms with van der Waals surface area (Å²) in [6, 6.07) is 7.50. The van der Waals surface area contributed by atoms with Crippen molar-refractivity contribution in [3.05, 3.63) is 29.8 Å². The van der Waals surface area contributed by atoms with Crippen molar-refractivity contribution in [2.45, 2.75) is 26.5 Å². The molecule has 15 heavy (non-hydrogen) atoms. The Hall–Kier alpha value is -0.830. The summed E-state index contributed by atoms with van der Waals surface area (Å²) in [6.45, 7) is 4.12. The van der Waals surface area contributed by atoms with Gasteiger partial charge in [0, 0.05) is 11.6 Å². The largest absolute Gasteiger partial charge is 0.459 e. The second kappa shape index (κ2) is 3.97. The summed E-state index contributed by atoms with van der Waals surface area (Å²) in [5.74, 6) is 0.639. The van der Waals surface area contributed by atoms with Crippen molar-refractivity contribution < 1.29 is 13.6 Å². The van der Waals surface area contributed by atoms with E-state index in [0.29, 0.717) is 12.4 Å². The van der Waals surface area contributed by atoms with E-state index in [1.807, 2.05) is 32.0 Å². The summed E-state index contributed by atoms with van der Waals surface area (Å²) in [5.41, 5.74) is 0.925. The third-order valence-corrected chi connectivity index (χ3v) is 3.74. The Kier molecular flexibility index (Phi) is 2.83. The van der Waals surface area contributed by atoms with Crippen molar-refractivity contribution in [2.24, 2.45) is 0 Å².